The third-order valence-corrected chi connectivity index (χ3v) is 3.56. The maximum absolute atomic E-state index is 5.89. The molecule has 1 N–H and O–H groups in total. The van der Waals surface area contributed by atoms with Gasteiger partial charge in [-0.25, -0.2) is 0 Å². The van der Waals surface area contributed by atoms with Crippen molar-refractivity contribution >= 4 is 0 Å². The second kappa shape index (κ2) is 4.07. The number of hydrogen-bond acceptors (Lipinski definition) is 3. The third-order valence-electron chi connectivity index (χ3n) is 3.56. The highest BCUT2D eigenvalue weighted by molar-refractivity contribution is 5.39. The van der Waals surface area contributed by atoms with Crippen LogP contribution in [0.4, 0.5) is 0 Å². The Balaban J connectivity index is 1.98. The average Bonchev–Trinajstić information content (AvgIpc) is 2.38. The van der Waals surface area contributed by atoms with E-state index in [9.17, 15) is 0 Å². The molecule has 3 nitrogen and oxygen atoms in total. The molecule has 2 aliphatic rings. The van der Waals surface area contributed by atoms with Crippen molar-refractivity contribution < 1.29 is 9.47 Å². The van der Waals surface area contributed by atoms with E-state index in [-0.39, 0.29) is 6.10 Å². The number of fused-ring (bicyclic) bond motifs is 3. The highest BCUT2D eigenvalue weighted by atomic mass is 16.5. The Hall–Kier alpha value is -1.06. The van der Waals surface area contributed by atoms with Crippen LogP contribution in [0.2, 0.25) is 0 Å². The predicted molar refractivity (Wildman–Crippen MR) is 61.8 cm³/mol. The molecule has 1 heterocycles. The second-order valence-corrected chi connectivity index (χ2v) is 4.46. The lowest BCUT2D eigenvalue weighted by Gasteiger charge is -2.37. The molecular formula is C13H17NO2. The van der Waals surface area contributed by atoms with Crippen molar-refractivity contribution in [2.75, 3.05) is 20.3 Å². The Bertz CT molecular complexity index is 392. The summed E-state index contributed by atoms with van der Waals surface area (Å²) in [7, 11) is 1.71. The number of nitrogens with one attached hydrogen (secondary N) is 1. The highest BCUT2D eigenvalue weighted by Crippen LogP contribution is 2.36. The van der Waals surface area contributed by atoms with Gasteiger partial charge in [0, 0.05) is 12.6 Å². The van der Waals surface area contributed by atoms with E-state index in [1.54, 1.807) is 7.11 Å². The van der Waals surface area contributed by atoms with Gasteiger partial charge in [-0.2, -0.15) is 0 Å². The molecule has 0 amide bonds. The van der Waals surface area contributed by atoms with Gasteiger partial charge in [-0.1, -0.05) is 6.07 Å². The first kappa shape index (κ1) is 10.1. The zero-order valence-electron chi connectivity index (χ0n) is 9.53. The summed E-state index contributed by atoms with van der Waals surface area (Å²) in [5, 5.41) is 3.53. The maximum Gasteiger partial charge on any atom is 0.119 e. The van der Waals surface area contributed by atoms with Crippen LogP contribution in [0.5, 0.6) is 5.75 Å². The molecule has 16 heavy (non-hydrogen) atoms. The summed E-state index contributed by atoms with van der Waals surface area (Å²) in [4.78, 5) is 0. The molecule has 1 aromatic carbocycles. The minimum atomic E-state index is 0.215. The van der Waals surface area contributed by atoms with Gasteiger partial charge in [0.15, 0.2) is 0 Å². The van der Waals surface area contributed by atoms with Crippen LogP contribution in [0.25, 0.3) is 0 Å². The molecule has 3 heteroatoms. The van der Waals surface area contributed by atoms with Crippen LogP contribution >= 0.6 is 0 Å². The summed E-state index contributed by atoms with van der Waals surface area (Å²) >= 11 is 0. The van der Waals surface area contributed by atoms with E-state index in [1.165, 1.54) is 17.5 Å². The molecular weight excluding hydrogens is 202 g/mol. The molecule has 3 rings (SSSR count). The molecule has 0 unspecified atom stereocenters. The van der Waals surface area contributed by atoms with Crippen molar-refractivity contribution in [3.63, 3.8) is 0 Å². The van der Waals surface area contributed by atoms with Crippen LogP contribution in [0.1, 0.15) is 23.7 Å². The molecule has 1 saturated heterocycles. The molecule has 1 aliphatic heterocycles. The van der Waals surface area contributed by atoms with Crippen LogP contribution in [0.3, 0.4) is 0 Å². The predicted octanol–water partition coefficient (Wildman–Crippen LogP) is 1.67. The Morgan fingerprint density at radius 3 is 3.25 bits per heavy atom. The van der Waals surface area contributed by atoms with E-state index in [4.69, 9.17) is 9.47 Å². The van der Waals surface area contributed by atoms with Crippen molar-refractivity contribution in [2.45, 2.75) is 25.0 Å². The fraction of sp³-hybridized carbons (Fsp3) is 0.538. The summed E-state index contributed by atoms with van der Waals surface area (Å²) in [5.41, 5.74) is 2.72. The molecule has 0 saturated carbocycles. The second-order valence-electron chi connectivity index (χ2n) is 4.46. The SMILES string of the molecule is COc1ccc2c(c1)[C@H]1OCCN[C@H]1CC2. The summed E-state index contributed by atoms with van der Waals surface area (Å²) in [5.74, 6) is 0.925. The van der Waals surface area contributed by atoms with Gasteiger partial charge >= 0.3 is 0 Å². The van der Waals surface area contributed by atoms with Crippen LogP contribution < -0.4 is 10.1 Å². The molecule has 0 radical (unpaired) electrons. The van der Waals surface area contributed by atoms with E-state index in [0.717, 1.165) is 25.3 Å². The lowest BCUT2D eigenvalue weighted by Crippen LogP contribution is -2.45. The molecule has 1 aliphatic carbocycles. The summed E-state index contributed by atoms with van der Waals surface area (Å²) in [6.45, 7) is 1.78. The first-order valence-electron chi connectivity index (χ1n) is 5.90. The van der Waals surface area contributed by atoms with E-state index in [1.807, 2.05) is 6.07 Å². The zero-order valence-corrected chi connectivity index (χ0v) is 9.53. The minimum Gasteiger partial charge on any atom is -0.497 e. The van der Waals surface area contributed by atoms with E-state index < -0.39 is 0 Å². The van der Waals surface area contributed by atoms with Gasteiger partial charge in [0.1, 0.15) is 5.75 Å². The van der Waals surface area contributed by atoms with Gasteiger partial charge in [-0.15, -0.1) is 0 Å². The molecule has 0 bridgehead atoms. The maximum atomic E-state index is 5.89. The van der Waals surface area contributed by atoms with Gasteiger partial charge in [-0.3, -0.25) is 0 Å². The van der Waals surface area contributed by atoms with Crippen LogP contribution in [-0.2, 0) is 11.2 Å². The van der Waals surface area contributed by atoms with E-state index in [2.05, 4.69) is 17.4 Å². The summed E-state index contributed by atoms with van der Waals surface area (Å²) in [6, 6.07) is 6.81. The smallest absolute Gasteiger partial charge is 0.119 e. The number of rotatable bonds is 1. The molecule has 0 spiro atoms. The van der Waals surface area contributed by atoms with Gasteiger partial charge in [-0.05, 0) is 36.1 Å². The van der Waals surface area contributed by atoms with Crippen molar-refractivity contribution in [1.82, 2.24) is 5.32 Å². The van der Waals surface area contributed by atoms with Crippen molar-refractivity contribution in [3.05, 3.63) is 29.3 Å². The van der Waals surface area contributed by atoms with Crippen LogP contribution in [0, 0.1) is 0 Å². The average molecular weight is 219 g/mol. The van der Waals surface area contributed by atoms with Gasteiger partial charge in [0.05, 0.1) is 19.8 Å². The summed E-state index contributed by atoms with van der Waals surface area (Å²) in [6.07, 6.45) is 2.52. The topological polar surface area (TPSA) is 30.5 Å². The first-order valence-corrected chi connectivity index (χ1v) is 5.90. The third kappa shape index (κ3) is 1.60. The van der Waals surface area contributed by atoms with Crippen LogP contribution in [-0.4, -0.2) is 26.3 Å². The quantitative estimate of drug-likeness (QED) is 0.779. The Morgan fingerprint density at radius 1 is 1.44 bits per heavy atom. The standard InChI is InChI=1S/C13H17NO2/c1-15-10-4-2-9-3-5-12-13(11(9)8-10)16-7-6-14-12/h2,4,8,12-14H,3,5-7H2,1H3/t12-,13+/m0/s1. The number of aryl methyl sites for hydroxylation is 1. The number of morpholine rings is 1. The van der Waals surface area contributed by atoms with Gasteiger partial charge in [0.25, 0.3) is 0 Å². The monoisotopic (exact) mass is 219 g/mol. The van der Waals surface area contributed by atoms with Crippen molar-refractivity contribution in [3.8, 4) is 5.75 Å². The Morgan fingerprint density at radius 2 is 2.38 bits per heavy atom. The Kier molecular flexibility index (Phi) is 2.58. The minimum absolute atomic E-state index is 0.215. The largest absolute Gasteiger partial charge is 0.497 e. The fourth-order valence-corrected chi connectivity index (χ4v) is 2.72. The number of ether oxygens (including phenoxy) is 2. The normalized spacial score (nSPS) is 28.1. The zero-order chi connectivity index (χ0) is 11.0. The molecule has 2 atom stereocenters. The fourth-order valence-electron chi connectivity index (χ4n) is 2.72. The number of hydrogen-bond donors (Lipinski definition) is 1. The molecule has 0 aromatic heterocycles. The molecule has 1 fully saturated rings. The first-order chi connectivity index (χ1) is 7.88. The lowest BCUT2D eigenvalue weighted by atomic mass is 9.85. The number of benzene rings is 1. The molecule has 1 aromatic rings. The van der Waals surface area contributed by atoms with E-state index >= 15 is 0 Å². The van der Waals surface area contributed by atoms with Crippen LogP contribution in [0.15, 0.2) is 18.2 Å². The Labute approximate surface area is 95.8 Å². The van der Waals surface area contributed by atoms with Gasteiger partial charge in [0.2, 0.25) is 0 Å². The van der Waals surface area contributed by atoms with Crippen molar-refractivity contribution in [1.29, 1.82) is 0 Å². The van der Waals surface area contributed by atoms with E-state index in [0.29, 0.717) is 6.04 Å². The highest BCUT2D eigenvalue weighted by Gasteiger charge is 2.32. The molecule has 86 valence electrons. The summed E-state index contributed by atoms with van der Waals surface area (Å²) < 4.78 is 11.2. The van der Waals surface area contributed by atoms with Gasteiger partial charge < -0.3 is 14.8 Å². The number of methoxy groups -OCH3 is 1. The van der Waals surface area contributed by atoms with Crippen molar-refractivity contribution in [2.24, 2.45) is 0 Å². The lowest BCUT2D eigenvalue weighted by molar-refractivity contribution is -0.0128.